The number of ether oxygens (including phenoxy) is 1. The Hall–Kier alpha value is -1.81. The van der Waals surface area contributed by atoms with Crippen LogP contribution in [0.15, 0.2) is 36.8 Å². The summed E-state index contributed by atoms with van der Waals surface area (Å²) in [5.41, 5.74) is 1.83. The van der Waals surface area contributed by atoms with Crippen molar-refractivity contribution in [2.45, 2.75) is 26.1 Å². The average molecular weight is 246 g/mol. The summed E-state index contributed by atoms with van der Waals surface area (Å²) in [7, 11) is 1.93. The Morgan fingerprint density at radius 2 is 2.17 bits per heavy atom. The van der Waals surface area contributed by atoms with Crippen molar-refractivity contribution in [2.24, 2.45) is 7.05 Å². The van der Waals surface area contributed by atoms with Crippen molar-refractivity contribution in [3.05, 3.63) is 48.0 Å². The molecular weight excluding hydrogens is 228 g/mol. The normalized spacial score (nSPS) is 12.4. The molecule has 0 spiro atoms. The summed E-state index contributed by atoms with van der Waals surface area (Å²) < 4.78 is 7.68. The van der Waals surface area contributed by atoms with E-state index in [1.807, 2.05) is 42.8 Å². The first-order valence-corrected chi connectivity index (χ1v) is 6.07. The van der Waals surface area contributed by atoms with Gasteiger partial charge in [0, 0.05) is 12.6 Å². The molecule has 0 amide bonds. The topological polar surface area (TPSA) is 47.3 Å². The van der Waals surface area contributed by atoms with E-state index in [2.05, 4.69) is 4.98 Å². The van der Waals surface area contributed by atoms with Crippen LogP contribution in [0.25, 0.3) is 0 Å². The molecule has 0 aliphatic heterocycles. The minimum atomic E-state index is -0.479. The first-order valence-electron chi connectivity index (χ1n) is 6.07. The van der Waals surface area contributed by atoms with Gasteiger partial charge in [-0.25, -0.2) is 4.98 Å². The number of aromatic nitrogens is 2. The lowest BCUT2D eigenvalue weighted by Gasteiger charge is -2.14. The van der Waals surface area contributed by atoms with Crippen molar-refractivity contribution in [2.75, 3.05) is 0 Å². The molecule has 0 radical (unpaired) electrons. The van der Waals surface area contributed by atoms with Crippen molar-refractivity contribution in [3.63, 3.8) is 0 Å². The maximum Gasteiger partial charge on any atom is 0.130 e. The Morgan fingerprint density at radius 3 is 2.83 bits per heavy atom. The summed E-state index contributed by atoms with van der Waals surface area (Å²) >= 11 is 0. The van der Waals surface area contributed by atoms with Crippen molar-refractivity contribution in [1.29, 1.82) is 0 Å². The van der Waals surface area contributed by atoms with Crippen molar-refractivity contribution < 1.29 is 9.84 Å². The molecule has 1 aromatic carbocycles. The number of benzene rings is 1. The van der Waals surface area contributed by atoms with Gasteiger partial charge < -0.3 is 14.4 Å². The Kier molecular flexibility index (Phi) is 3.99. The fourth-order valence-corrected chi connectivity index (χ4v) is 1.78. The number of aliphatic hydroxyl groups excluding tert-OH is 1. The molecule has 1 unspecified atom stereocenters. The summed E-state index contributed by atoms with van der Waals surface area (Å²) in [6, 6.07) is 7.59. The predicted molar refractivity (Wildman–Crippen MR) is 69.2 cm³/mol. The average Bonchev–Trinajstić information content (AvgIpc) is 2.81. The molecule has 18 heavy (non-hydrogen) atoms. The van der Waals surface area contributed by atoms with Crippen LogP contribution in [-0.4, -0.2) is 14.7 Å². The Bertz CT molecular complexity index is 508. The van der Waals surface area contributed by atoms with E-state index in [-0.39, 0.29) is 0 Å². The van der Waals surface area contributed by atoms with Crippen LogP contribution in [0.5, 0.6) is 5.75 Å². The zero-order chi connectivity index (χ0) is 13.0. The van der Waals surface area contributed by atoms with Crippen LogP contribution in [0.4, 0.5) is 0 Å². The predicted octanol–water partition coefficient (Wildman–Crippen LogP) is 2.44. The summed E-state index contributed by atoms with van der Waals surface area (Å²) in [5.74, 6) is 0.730. The number of nitrogens with zero attached hydrogens (tertiary/aromatic N) is 2. The maximum atomic E-state index is 9.92. The zero-order valence-electron chi connectivity index (χ0n) is 10.7. The molecule has 0 aliphatic carbocycles. The van der Waals surface area contributed by atoms with Gasteiger partial charge in [-0.1, -0.05) is 25.1 Å². The highest BCUT2D eigenvalue weighted by atomic mass is 16.5. The molecule has 1 heterocycles. The Balaban J connectivity index is 2.12. The van der Waals surface area contributed by atoms with E-state index >= 15 is 0 Å². The highest BCUT2D eigenvalue weighted by Crippen LogP contribution is 2.27. The van der Waals surface area contributed by atoms with Crippen LogP contribution in [0.3, 0.4) is 0 Å². The highest BCUT2D eigenvalue weighted by Gasteiger charge is 2.11. The van der Waals surface area contributed by atoms with Crippen LogP contribution in [-0.2, 0) is 13.7 Å². The van der Waals surface area contributed by atoms with Gasteiger partial charge in [0.1, 0.15) is 12.4 Å². The molecule has 2 aromatic rings. The largest absolute Gasteiger partial charge is 0.487 e. The van der Waals surface area contributed by atoms with E-state index < -0.39 is 6.10 Å². The number of imidazole rings is 1. The van der Waals surface area contributed by atoms with Gasteiger partial charge in [0.05, 0.1) is 24.3 Å². The van der Waals surface area contributed by atoms with E-state index in [1.165, 1.54) is 0 Å². The molecule has 0 saturated heterocycles. The molecule has 2 rings (SSSR count). The summed E-state index contributed by atoms with van der Waals surface area (Å²) in [6.07, 6.45) is 3.71. The number of hydrogen-bond donors (Lipinski definition) is 1. The molecule has 0 aliphatic rings. The molecule has 4 nitrogen and oxygen atoms in total. The third kappa shape index (κ3) is 2.71. The van der Waals surface area contributed by atoms with Gasteiger partial charge in [-0.15, -0.1) is 0 Å². The third-order valence-corrected chi connectivity index (χ3v) is 2.96. The van der Waals surface area contributed by atoms with Gasteiger partial charge in [0.15, 0.2) is 0 Å². The molecule has 1 N–H and O–H groups in total. The lowest BCUT2D eigenvalue weighted by molar-refractivity contribution is 0.166. The Morgan fingerprint density at radius 1 is 1.39 bits per heavy atom. The second kappa shape index (κ2) is 5.69. The summed E-state index contributed by atoms with van der Waals surface area (Å²) in [5, 5.41) is 9.92. The monoisotopic (exact) mass is 246 g/mol. The van der Waals surface area contributed by atoms with E-state index in [0.29, 0.717) is 13.0 Å². The smallest absolute Gasteiger partial charge is 0.130 e. The highest BCUT2D eigenvalue weighted by molar-refractivity contribution is 5.35. The van der Waals surface area contributed by atoms with Crippen LogP contribution in [0.2, 0.25) is 0 Å². The molecular formula is C14H18N2O2. The van der Waals surface area contributed by atoms with Crippen molar-refractivity contribution in [3.8, 4) is 5.75 Å². The number of rotatable bonds is 5. The van der Waals surface area contributed by atoms with Crippen molar-refractivity contribution >= 4 is 0 Å². The lowest BCUT2D eigenvalue weighted by atomic mass is 10.1. The summed E-state index contributed by atoms with van der Waals surface area (Å²) in [4.78, 5) is 4.04. The van der Waals surface area contributed by atoms with Crippen LogP contribution >= 0.6 is 0 Å². The first kappa shape index (κ1) is 12.6. The van der Waals surface area contributed by atoms with Crippen LogP contribution in [0, 0.1) is 0 Å². The van der Waals surface area contributed by atoms with Crippen LogP contribution < -0.4 is 4.74 Å². The van der Waals surface area contributed by atoms with Gasteiger partial charge in [0.25, 0.3) is 0 Å². The number of aryl methyl sites for hydroxylation is 1. The van der Waals surface area contributed by atoms with Gasteiger partial charge in [-0.2, -0.15) is 0 Å². The van der Waals surface area contributed by atoms with E-state index in [4.69, 9.17) is 4.74 Å². The van der Waals surface area contributed by atoms with Gasteiger partial charge in [-0.05, 0) is 12.5 Å². The fraction of sp³-hybridized carbons (Fsp3) is 0.357. The van der Waals surface area contributed by atoms with Gasteiger partial charge in [0.2, 0.25) is 0 Å². The standard InChI is InChI=1S/C14H18N2O2/c1-3-13(17)12-6-4-5-7-14(12)18-9-11-8-15-10-16(11)2/h4-8,10,13,17H,3,9H2,1-2H3. The molecule has 0 saturated carbocycles. The van der Waals surface area contributed by atoms with Crippen molar-refractivity contribution in [1.82, 2.24) is 9.55 Å². The maximum absolute atomic E-state index is 9.92. The third-order valence-electron chi connectivity index (χ3n) is 2.96. The SMILES string of the molecule is CCC(O)c1ccccc1OCc1cncn1C. The van der Waals surface area contributed by atoms with E-state index in [9.17, 15) is 5.11 Å². The van der Waals surface area contributed by atoms with E-state index in [1.54, 1.807) is 12.5 Å². The lowest BCUT2D eigenvalue weighted by Crippen LogP contribution is -2.04. The molecule has 1 aromatic heterocycles. The first-order chi connectivity index (χ1) is 8.72. The summed E-state index contributed by atoms with van der Waals surface area (Å²) in [6.45, 7) is 2.40. The van der Waals surface area contributed by atoms with Crippen LogP contribution in [0.1, 0.15) is 30.7 Å². The molecule has 96 valence electrons. The molecule has 0 bridgehead atoms. The van der Waals surface area contributed by atoms with Gasteiger partial charge >= 0.3 is 0 Å². The molecule has 4 heteroatoms. The number of aliphatic hydroxyl groups is 1. The number of para-hydroxylation sites is 1. The second-order valence-corrected chi connectivity index (χ2v) is 4.25. The zero-order valence-corrected chi connectivity index (χ0v) is 10.7. The molecule has 0 fully saturated rings. The fourth-order valence-electron chi connectivity index (χ4n) is 1.78. The van der Waals surface area contributed by atoms with Gasteiger partial charge in [-0.3, -0.25) is 0 Å². The van der Waals surface area contributed by atoms with E-state index in [0.717, 1.165) is 17.0 Å². The number of hydrogen-bond acceptors (Lipinski definition) is 3. The molecule has 1 atom stereocenters. The Labute approximate surface area is 107 Å². The quantitative estimate of drug-likeness (QED) is 0.881. The minimum Gasteiger partial charge on any atom is -0.487 e. The minimum absolute atomic E-state index is 0.448. The second-order valence-electron chi connectivity index (χ2n) is 4.25.